The van der Waals surface area contributed by atoms with E-state index in [2.05, 4.69) is 5.32 Å². The molecule has 0 heterocycles. The molecular weight excluding hydrogens is 289 g/mol. The SMILES string of the molecule is CC(C)C(CNC(=O)Nc1cc(F)c(F)cc1F)C(=O)O. The minimum Gasteiger partial charge on any atom is -0.481 e. The van der Waals surface area contributed by atoms with Gasteiger partial charge in [-0.1, -0.05) is 13.8 Å². The number of halogens is 3. The number of hydrogen-bond donors (Lipinski definition) is 3. The summed E-state index contributed by atoms with van der Waals surface area (Å²) in [6, 6.07) is -0.104. The summed E-state index contributed by atoms with van der Waals surface area (Å²) in [7, 11) is 0. The summed E-state index contributed by atoms with van der Waals surface area (Å²) in [4.78, 5) is 22.4. The molecule has 21 heavy (non-hydrogen) atoms. The van der Waals surface area contributed by atoms with Gasteiger partial charge < -0.3 is 15.7 Å². The Morgan fingerprint density at radius 2 is 1.71 bits per heavy atom. The number of carboxylic acid groups (broad SMARTS) is 1. The summed E-state index contributed by atoms with van der Waals surface area (Å²) in [5, 5.41) is 13.2. The number of carbonyl (C=O) groups is 2. The van der Waals surface area contributed by atoms with Crippen LogP contribution in [0.3, 0.4) is 0 Å². The van der Waals surface area contributed by atoms with E-state index < -0.39 is 41.1 Å². The average Bonchev–Trinajstić information content (AvgIpc) is 2.35. The Labute approximate surface area is 119 Å². The molecule has 2 amide bonds. The largest absolute Gasteiger partial charge is 0.481 e. The molecule has 0 fully saturated rings. The van der Waals surface area contributed by atoms with Crippen LogP contribution in [0.2, 0.25) is 0 Å². The van der Waals surface area contributed by atoms with E-state index in [1.54, 1.807) is 13.8 Å². The maximum absolute atomic E-state index is 13.3. The minimum atomic E-state index is -1.37. The second kappa shape index (κ2) is 6.96. The third-order valence-electron chi connectivity index (χ3n) is 2.86. The topological polar surface area (TPSA) is 78.4 Å². The van der Waals surface area contributed by atoms with E-state index in [9.17, 15) is 22.8 Å². The van der Waals surface area contributed by atoms with Crippen LogP contribution in [-0.2, 0) is 4.79 Å². The van der Waals surface area contributed by atoms with E-state index in [-0.39, 0.29) is 12.5 Å². The number of carbonyl (C=O) groups excluding carboxylic acids is 1. The van der Waals surface area contributed by atoms with E-state index in [1.165, 1.54) is 0 Å². The summed E-state index contributed by atoms with van der Waals surface area (Å²) in [5.41, 5.74) is -0.539. The molecule has 1 aromatic rings. The first-order valence-electron chi connectivity index (χ1n) is 6.14. The summed E-state index contributed by atoms with van der Waals surface area (Å²) in [5.74, 6) is -5.93. The van der Waals surface area contributed by atoms with Gasteiger partial charge in [-0.25, -0.2) is 18.0 Å². The number of carboxylic acids is 1. The third-order valence-corrected chi connectivity index (χ3v) is 2.86. The van der Waals surface area contributed by atoms with Gasteiger partial charge in [-0.05, 0) is 5.92 Å². The number of anilines is 1. The lowest BCUT2D eigenvalue weighted by molar-refractivity contribution is -0.142. The van der Waals surface area contributed by atoms with Crippen molar-refractivity contribution >= 4 is 17.7 Å². The quantitative estimate of drug-likeness (QED) is 0.732. The van der Waals surface area contributed by atoms with Crippen molar-refractivity contribution in [1.82, 2.24) is 5.32 Å². The highest BCUT2D eigenvalue weighted by Crippen LogP contribution is 2.18. The minimum absolute atomic E-state index is 0.176. The lowest BCUT2D eigenvalue weighted by Gasteiger charge is -2.17. The van der Waals surface area contributed by atoms with Crippen molar-refractivity contribution in [1.29, 1.82) is 0 Å². The predicted octanol–water partition coefficient (Wildman–Crippen LogP) is 2.58. The standard InChI is InChI=1S/C13H15F3N2O3/c1-6(2)7(12(19)20)5-17-13(21)18-11-4-9(15)8(14)3-10(11)16/h3-4,6-7H,5H2,1-2H3,(H,19,20)(H2,17,18,21). The molecular formula is C13H15F3N2O3. The number of urea groups is 1. The molecule has 0 saturated carbocycles. The molecule has 116 valence electrons. The van der Waals surface area contributed by atoms with Crippen LogP contribution < -0.4 is 10.6 Å². The van der Waals surface area contributed by atoms with E-state index in [0.29, 0.717) is 12.1 Å². The van der Waals surface area contributed by atoms with Gasteiger partial charge in [0.2, 0.25) is 0 Å². The summed E-state index contributed by atoms with van der Waals surface area (Å²) >= 11 is 0. The molecule has 1 unspecified atom stereocenters. The van der Waals surface area contributed by atoms with Crippen LogP contribution in [0.4, 0.5) is 23.7 Å². The van der Waals surface area contributed by atoms with E-state index in [1.807, 2.05) is 5.32 Å². The van der Waals surface area contributed by atoms with Crippen molar-refractivity contribution in [2.24, 2.45) is 11.8 Å². The molecule has 0 saturated heterocycles. The highest BCUT2D eigenvalue weighted by molar-refractivity contribution is 5.89. The molecule has 1 rings (SSSR count). The molecule has 0 aliphatic carbocycles. The predicted molar refractivity (Wildman–Crippen MR) is 69.3 cm³/mol. The Hall–Kier alpha value is -2.25. The fraction of sp³-hybridized carbons (Fsp3) is 0.385. The van der Waals surface area contributed by atoms with Gasteiger partial charge in [-0.15, -0.1) is 0 Å². The van der Waals surface area contributed by atoms with Crippen molar-refractivity contribution in [3.63, 3.8) is 0 Å². The average molecular weight is 304 g/mol. The van der Waals surface area contributed by atoms with Gasteiger partial charge in [-0.2, -0.15) is 0 Å². The molecule has 5 nitrogen and oxygen atoms in total. The van der Waals surface area contributed by atoms with Gasteiger partial charge in [0.15, 0.2) is 11.6 Å². The first-order chi connectivity index (χ1) is 9.72. The molecule has 1 aromatic carbocycles. The maximum Gasteiger partial charge on any atom is 0.319 e. The first-order valence-corrected chi connectivity index (χ1v) is 6.14. The summed E-state index contributed by atoms with van der Waals surface area (Å²) in [6.07, 6.45) is 0. The zero-order valence-corrected chi connectivity index (χ0v) is 11.4. The van der Waals surface area contributed by atoms with Crippen LogP contribution in [0.25, 0.3) is 0 Å². The van der Waals surface area contributed by atoms with Crippen molar-refractivity contribution in [3.05, 3.63) is 29.6 Å². The van der Waals surface area contributed by atoms with Crippen LogP contribution in [0.5, 0.6) is 0 Å². The fourth-order valence-electron chi connectivity index (χ4n) is 1.60. The highest BCUT2D eigenvalue weighted by Gasteiger charge is 2.22. The Kier molecular flexibility index (Phi) is 5.57. The zero-order chi connectivity index (χ0) is 16.2. The lowest BCUT2D eigenvalue weighted by atomic mass is 9.96. The number of rotatable bonds is 5. The number of benzene rings is 1. The Bertz CT molecular complexity index is 550. The molecule has 0 aliphatic heterocycles. The highest BCUT2D eigenvalue weighted by atomic mass is 19.2. The van der Waals surface area contributed by atoms with E-state index >= 15 is 0 Å². The van der Waals surface area contributed by atoms with Crippen molar-refractivity contribution in [2.45, 2.75) is 13.8 Å². The maximum atomic E-state index is 13.3. The molecule has 3 N–H and O–H groups in total. The number of aliphatic carboxylic acids is 1. The Morgan fingerprint density at radius 1 is 1.14 bits per heavy atom. The van der Waals surface area contributed by atoms with E-state index in [0.717, 1.165) is 0 Å². The fourth-order valence-corrected chi connectivity index (χ4v) is 1.60. The van der Waals surface area contributed by atoms with Gasteiger partial charge in [0.1, 0.15) is 5.82 Å². The second-order valence-corrected chi connectivity index (χ2v) is 4.77. The number of nitrogens with one attached hydrogen (secondary N) is 2. The van der Waals surface area contributed by atoms with Crippen molar-refractivity contribution in [3.8, 4) is 0 Å². The molecule has 0 bridgehead atoms. The van der Waals surface area contributed by atoms with Crippen LogP contribution in [0.15, 0.2) is 12.1 Å². The smallest absolute Gasteiger partial charge is 0.319 e. The first kappa shape index (κ1) is 16.8. The van der Waals surface area contributed by atoms with Gasteiger partial charge in [0.05, 0.1) is 11.6 Å². The third kappa shape index (κ3) is 4.66. The second-order valence-electron chi connectivity index (χ2n) is 4.77. The van der Waals surface area contributed by atoms with Gasteiger partial charge in [0.25, 0.3) is 0 Å². The van der Waals surface area contributed by atoms with E-state index in [4.69, 9.17) is 5.11 Å². The summed E-state index contributed by atoms with van der Waals surface area (Å²) in [6.45, 7) is 3.17. The van der Waals surface area contributed by atoms with Crippen LogP contribution >= 0.6 is 0 Å². The Balaban J connectivity index is 2.66. The Morgan fingerprint density at radius 3 is 2.24 bits per heavy atom. The number of amides is 2. The molecule has 0 spiro atoms. The van der Waals surface area contributed by atoms with Crippen LogP contribution in [0, 0.1) is 29.3 Å². The molecule has 1 atom stereocenters. The monoisotopic (exact) mass is 304 g/mol. The van der Waals surface area contributed by atoms with Crippen LogP contribution in [0.1, 0.15) is 13.8 Å². The van der Waals surface area contributed by atoms with Crippen LogP contribution in [-0.4, -0.2) is 23.7 Å². The van der Waals surface area contributed by atoms with Gasteiger partial charge in [0, 0.05) is 18.7 Å². The van der Waals surface area contributed by atoms with Crippen molar-refractivity contribution < 1.29 is 27.9 Å². The summed E-state index contributed by atoms with van der Waals surface area (Å²) < 4.78 is 39.0. The molecule has 0 aromatic heterocycles. The number of hydrogen-bond acceptors (Lipinski definition) is 2. The van der Waals surface area contributed by atoms with Gasteiger partial charge >= 0.3 is 12.0 Å². The van der Waals surface area contributed by atoms with Gasteiger partial charge in [-0.3, -0.25) is 4.79 Å². The van der Waals surface area contributed by atoms with Crippen molar-refractivity contribution in [2.75, 3.05) is 11.9 Å². The lowest BCUT2D eigenvalue weighted by Crippen LogP contribution is -2.38. The molecule has 8 heteroatoms. The zero-order valence-electron chi connectivity index (χ0n) is 11.4. The normalized spacial score (nSPS) is 12.1. The molecule has 0 aliphatic rings. The molecule has 0 radical (unpaired) electrons.